The lowest BCUT2D eigenvalue weighted by Crippen LogP contribution is -2.23. The molecule has 0 saturated carbocycles. The number of nitrogens with zero attached hydrogens (tertiary/aromatic N) is 3. The Morgan fingerprint density at radius 1 is 1.20 bits per heavy atom. The number of hydrogen-bond donors (Lipinski definition) is 0. The van der Waals surface area contributed by atoms with Crippen LogP contribution >= 0.6 is 22.7 Å². The van der Waals surface area contributed by atoms with E-state index in [9.17, 15) is 4.79 Å². The van der Waals surface area contributed by atoms with Gasteiger partial charge in [0.1, 0.15) is 0 Å². The summed E-state index contributed by atoms with van der Waals surface area (Å²) in [4.78, 5) is 18.9. The number of thiophene rings is 1. The molecule has 0 bridgehead atoms. The lowest BCUT2D eigenvalue weighted by Gasteiger charge is -2.12. The first-order valence-electron chi connectivity index (χ1n) is 9.47. The Balaban J connectivity index is 1.62. The summed E-state index contributed by atoms with van der Waals surface area (Å²) in [6.07, 6.45) is 5.57. The first kappa shape index (κ1) is 20.3. The molecule has 30 heavy (non-hydrogen) atoms. The van der Waals surface area contributed by atoms with Crippen molar-refractivity contribution in [3.8, 4) is 11.5 Å². The topological polar surface area (TPSA) is 65.7 Å². The van der Waals surface area contributed by atoms with Crippen molar-refractivity contribution in [2.45, 2.75) is 13.8 Å². The Morgan fingerprint density at radius 2 is 2.07 bits per heavy atom. The SMILES string of the molecule is COc1cc(/C=c2/sc3nc(/C=C/c4cccs4)nn3c2=O)ccc1OCC(C)C. The molecular formula is C22H21N3O3S2. The molecule has 0 N–H and O–H groups in total. The first-order valence-corrected chi connectivity index (χ1v) is 11.2. The van der Waals surface area contributed by atoms with E-state index in [0.717, 1.165) is 10.4 Å². The highest BCUT2D eigenvalue weighted by Gasteiger charge is 2.10. The molecule has 0 atom stereocenters. The molecule has 3 heterocycles. The molecule has 4 rings (SSSR count). The van der Waals surface area contributed by atoms with Gasteiger partial charge in [0.2, 0.25) is 4.96 Å². The maximum atomic E-state index is 12.7. The zero-order valence-electron chi connectivity index (χ0n) is 16.9. The molecule has 0 aliphatic heterocycles. The number of hydrogen-bond acceptors (Lipinski definition) is 7. The van der Waals surface area contributed by atoms with Crippen LogP contribution in [0.1, 0.15) is 30.1 Å². The number of methoxy groups -OCH3 is 1. The monoisotopic (exact) mass is 439 g/mol. The first-order chi connectivity index (χ1) is 14.5. The fourth-order valence-corrected chi connectivity index (χ4v) is 4.30. The molecule has 0 spiro atoms. The Labute approximate surface area is 181 Å². The van der Waals surface area contributed by atoms with Gasteiger partial charge < -0.3 is 9.47 Å². The maximum absolute atomic E-state index is 12.7. The number of thiazole rings is 1. The van der Waals surface area contributed by atoms with Gasteiger partial charge in [0, 0.05) is 4.88 Å². The summed E-state index contributed by atoms with van der Waals surface area (Å²) in [5.74, 6) is 2.27. The Hall–Kier alpha value is -2.97. The maximum Gasteiger partial charge on any atom is 0.291 e. The Bertz CT molecular complexity index is 1290. The van der Waals surface area contributed by atoms with Crippen LogP contribution < -0.4 is 19.6 Å². The van der Waals surface area contributed by atoms with Crippen LogP contribution in [0.2, 0.25) is 0 Å². The fraction of sp³-hybridized carbons (Fsp3) is 0.227. The van der Waals surface area contributed by atoms with Crippen molar-refractivity contribution in [3.63, 3.8) is 0 Å². The molecule has 6 nitrogen and oxygen atoms in total. The molecule has 0 aliphatic rings. The van der Waals surface area contributed by atoms with E-state index < -0.39 is 0 Å². The second-order valence-electron chi connectivity index (χ2n) is 7.04. The van der Waals surface area contributed by atoms with Crippen LogP contribution in [0.4, 0.5) is 0 Å². The van der Waals surface area contributed by atoms with Crippen molar-refractivity contribution in [1.29, 1.82) is 0 Å². The van der Waals surface area contributed by atoms with Crippen LogP contribution in [-0.2, 0) is 0 Å². The minimum absolute atomic E-state index is 0.183. The molecule has 1 aromatic carbocycles. The van der Waals surface area contributed by atoms with Gasteiger partial charge in [0.25, 0.3) is 5.56 Å². The van der Waals surface area contributed by atoms with Gasteiger partial charge in [0.05, 0.1) is 18.2 Å². The number of aromatic nitrogens is 3. The highest BCUT2D eigenvalue weighted by molar-refractivity contribution is 7.15. The molecule has 154 valence electrons. The molecule has 0 aliphatic carbocycles. The highest BCUT2D eigenvalue weighted by Crippen LogP contribution is 2.28. The third-order valence-electron chi connectivity index (χ3n) is 4.20. The van der Waals surface area contributed by atoms with Crippen molar-refractivity contribution in [1.82, 2.24) is 14.6 Å². The summed E-state index contributed by atoms with van der Waals surface area (Å²) in [7, 11) is 1.61. The fourth-order valence-electron chi connectivity index (χ4n) is 2.76. The molecule has 0 unspecified atom stereocenters. The van der Waals surface area contributed by atoms with Crippen molar-refractivity contribution >= 4 is 45.9 Å². The average Bonchev–Trinajstić information content (AvgIpc) is 3.44. The normalized spacial score (nSPS) is 12.5. The van der Waals surface area contributed by atoms with Gasteiger partial charge in [-0.2, -0.15) is 9.50 Å². The van der Waals surface area contributed by atoms with Gasteiger partial charge in [-0.25, -0.2) is 0 Å². The van der Waals surface area contributed by atoms with Gasteiger partial charge in [0.15, 0.2) is 17.3 Å². The largest absolute Gasteiger partial charge is 0.493 e. The van der Waals surface area contributed by atoms with Gasteiger partial charge >= 0.3 is 0 Å². The average molecular weight is 440 g/mol. The van der Waals surface area contributed by atoms with Crippen LogP contribution in [0.15, 0.2) is 40.5 Å². The smallest absolute Gasteiger partial charge is 0.291 e. The zero-order chi connectivity index (χ0) is 21.1. The summed E-state index contributed by atoms with van der Waals surface area (Å²) in [6, 6.07) is 9.63. The summed E-state index contributed by atoms with van der Waals surface area (Å²) in [5, 5.41) is 6.33. The van der Waals surface area contributed by atoms with E-state index in [-0.39, 0.29) is 5.56 Å². The second kappa shape index (κ2) is 8.81. The van der Waals surface area contributed by atoms with Crippen molar-refractivity contribution < 1.29 is 9.47 Å². The van der Waals surface area contributed by atoms with Gasteiger partial charge in [-0.05, 0) is 53.3 Å². The Kier molecular flexibility index (Phi) is 5.96. The van der Waals surface area contributed by atoms with E-state index in [1.54, 1.807) is 18.4 Å². The molecule has 0 amide bonds. The predicted octanol–water partition coefficient (Wildman–Crippen LogP) is 3.97. The number of ether oxygens (including phenoxy) is 2. The summed E-state index contributed by atoms with van der Waals surface area (Å²) >= 11 is 2.95. The van der Waals surface area contributed by atoms with Crippen LogP contribution in [-0.4, -0.2) is 28.3 Å². The van der Waals surface area contributed by atoms with Crippen LogP contribution in [0.25, 0.3) is 23.2 Å². The lowest BCUT2D eigenvalue weighted by atomic mass is 10.2. The number of benzene rings is 1. The van der Waals surface area contributed by atoms with Crippen molar-refractivity contribution in [2.75, 3.05) is 13.7 Å². The molecule has 0 fully saturated rings. The minimum Gasteiger partial charge on any atom is -0.493 e. The van der Waals surface area contributed by atoms with E-state index in [1.807, 2.05) is 53.9 Å². The zero-order valence-corrected chi connectivity index (χ0v) is 18.5. The van der Waals surface area contributed by atoms with E-state index in [4.69, 9.17) is 9.47 Å². The van der Waals surface area contributed by atoms with Crippen LogP contribution in [0.3, 0.4) is 0 Å². The van der Waals surface area contributed by atoms with E-state index in [0.29, 0.717) is 39.3 Å². The van der Waals surface area contributed by atoms with Crippen molar-refractivity contribution in [3.05, 3.63) is 66.9 Å². The van der Waals surface area contributed by atoms with Crippen LogP contribution in [0.5, 0.6) is 11.5 Å². The second-order valence-corrected chi connectivity index (χ2v) is 9.03. The summed E-state index contributed by atoms with van der Waals surface area (Å²) in [5.41, 5.74) is 0.667. The third-order valence-corrected chi connectivity index (χ3v) is 5.99. The molecular weight excluding hydrogens is 418 g/mol. The van der Waals surface area contributed by atoms with E-state index in [1.165, 1.54) is 15.9 Å². The van der Waals surface area contributed by atoms with Crippen LogP contribution in [0, 0.1) is 5.92 Å². The van der Waals surface area contributed by atoms with Gasteiger partial charge in [-0.3, -0.25) is 4.79 Å². The summed E-state index contributed by atoms with van der Waals surface area (Å²) < 4.78 is 13.2. The quantitative estimate of drug-likeness (QED) is 0.436. The predicted molar refractivity (Wildman–Crippen MR) is 122 cm³/mol. The van der Waals surface area contributed by atoms with Crippen molar-refractivity contribution in [2.24, 2.45) is 5.92 Å². The number of rotatable bonds is 7. The highest BCUT2D eigenvalue weighted by atomic mass is 32.1. The molecule has 4 aromatic rings. The van der Waals surface area contributed by atoms with Gasteiger partial charge in [-0.15, -0.1) is 16.4 Å². The number of fused-ring (bicyclic) bond motifs is 1. The molecule has 8 heteroatoms. The summed E-state index contributed by atoms with van der Waals surface area (Å²) in [6.45, 7) is 4.80. The molecule has 3 aromatic heterocycles. The third kappa shape index (κ3) is 4.44. The standard InChI is InChI=1S/C22H21N3O3S2/c1-14(2)13-28-17-8-6-15(11-18(17)27-3)12-19-21(26)25-22(30-19)23-20(24-25)9-7-16-5-4-10-29-16/h4-12,14H,13H2,1-3H3/b9-7+,19-12+. The molecule has 0 radical (unpaired) electrons. The van der Waals surface area contributed by atoms with E-state index in [2.05, 4.69) is 23.9 Å². The van der Waals surface area contributed by atoms with E-state index >= 15 is 0 Å². The Morgan fingerprint density at radius 3 is 2.77 bits per heavy atom. The lowest BCUT2D eigenvalue weighted by molar-refractivity contribution is 0.257. The van der Waals surface area contributed by atoms with Gasteiger partial charge in [-0.1, -0.05) is 37.3 Å². The molecule has 0 saturated heterocycles. The minimum atomic E-state index is -0.183.